The molecule has 6 nitrogen and oxygen atoms in total. The maximum absolute atomic E-state index is 11.8. The standard InChI is InChI=1S/C13H17NO5S/c1-18-8-11-5-4-10(6-12(11)20(14,16)17)13(15)19-7-9-2-3-9/h4-6,9H,2-3,7-8H2,1H3,(H2,14,16,17). The first-order valence-corrected chi connectivity index (χ1v) is 7.78. The molecule has 110 valence electrons. The third-order valence-corrected chi connectivity index (χ3v) is 4.05. The summed E-state index contributed by atoms with van der Waals surface area (Å²) < 4.78 is 33.1. The van der Waals surface area contributed by atoms with Gasteiger partial charge in [0, 0.05) is 7.11 Å². The fourth-order valence-electron chi connectivity index (χ4n) is 1.78. The fourth-order valence-corrected chi connectivity index (χ4v) is 2.57. The highest BCUT2D eigenvalue weighted by Gasteiger charge is 2.24. The molecule has 1 aliphatic rings. The second kappa shape index (κ2) is 5.90. The summed E-state index contributed by atoms with van der Waals surface area (Å²) in [5.74, 6) is -0.0878. The summed E-state index contributed by atoms with van der Waals surface area (Å²) in [4.78, 5) is 11.7. The number of methoxy groups -OCH3 is 1. The van der Waals surface area contributed by atoms with Crippen LogP contribution in [-0.4, -0.2) is 28.1 Å². The zero-order chi connectivity index (χ0) is 14.8. The van der Waals surface area contributed by atoms with Crippen LogP contribution in [-0.2, 0) is 26.1 Å². The lowest BCUT2D eigenvalue weighted by molar-refractivity contribution is 0.0485. The number of hydrogen-bond acceptors (Lipinski definition) is 5. The molecule has 0 atom stereocenters. The molecule has 1 aromatic rings. The quantitative estimate of drug-likeness (QED) is 0.792. The summed E-state index contributed by atoms with van der Waals surface area (Å²) in [7, 11) is -2.47. The molecule has 0 heterocycles. The van der Waals surface area contributed by atoms with Crippen molar-refractivity contribution in [2.45, 2.75) is 24.3 Å². The first-order valence-electron chi connectivity index (χ1n) is 6.23. The number of hydrogen-bond donors (Lipinski definition) is 1. The van der Waals surface area contributed by atoms with Gasteiger partial charge in [0.25, 0.3) is 0 Å². The van der Waals surface area contributed by atoms with Crippen LogP contribution in [0.25, 0.3) is 0 Å². The minimum Gasteiger partial charge on any atom is -0.462 e. The number of rotatable bonds is 6. The monoisotopic (exact) mass is 299 g/mol. The number of nitrogens with two attached hydrogens (primary N) is 1. The van der Waals surface area contributed by atoms with Crippen molar-refractivity contribution in [3.8, 4) is 0 Å². The van der Waals surface area contributed by atoms with Crippen molar-refractivity contribution in [3.63, 3.8) is 0 Å². The Morgan fingerprint density at radius 2 is 2.10 bits per heavy atom. The molecule has 2 rings (SSSR count). The minimum atomic E-state index is -3.92. The first kappa shape index (κ1) is 15.0. The molecule has 1 aliphatic carbocycles. The Balaban J connectivity index is 2.23. The van der Waals surface area contributed by atoms with Gasteiger partial charge in [-0.3, -0.25) is 0 Å². The number of primary sulfonamides is 1. The Hall–Kier alpha value is -1.44. The van der Waals surface area contributed by atoms with Crippen LogP contribution in [0.1, 0.15) is 28.8 Å². The molecule has 1 aromatic carbocycles. The summed E-state index contributed by atoms with van der Waals surface area (Å²) in [6.07, 6.45) is 2.14. The lowest BCUT2D eigenvalue weighted by atomic mass is 10.1. The molecule has 0 amide bonds. The number of ether oxygens (including phenoxy) is 2. The molecule has 0 saturated heterocycles. The molecule has 0 unspecified atom stereocenters. The van der Waals surface area contributed by atoms with Gasteiger partial charge < -0.3 is 9.47 Å². The SMILES string of the molecule is COCc1ccc(C(=O)OCC2CC2)cc1S(N)(=O)=O. The predicted molar refractivity (Wildman–Crippen MR) is 71.5 cm³/mol. The van der Waals surface area contributed by atoms with Gasteiger partial charge in [-0.15, -0.1) is 0 Å². The minimum absolute atomic E-state index is 0.100. The topological polar surface area (TPSA) is 95.7 Å². The largest absolute Gasteiger partial charge is 0.462 e. The lowest BCUT2D eigenvalue weighted by Crippen LogP contribution is -2.16. The van der Waals surface area contributed by atoms with Crippen LogP contribution in [0.4, 0.5) is 0 Å². The number of sulfonamides is 1. The van der Waals surface area contributed by atoms with Crippen LogP contribution < -0.4 is 5.14 Å². The maximum Gasteiger partial charge on any atom is 0.338 e. The highest BCUT2D eigenvalue weighted by molar-refractivity contribution is 7.89. The summed E-state index contributed by atoms with van der Waals surface area (Å²) in [6, 6.07) is 4.26. The normalized spacial score (nSPS) is 15.1. The molecular weight excluding hydrogens is 282 g/mol. The van der Waals surface area contributed by atoms with Crippen LogP contribution in [0, 0.1) is 5.92 Å². The van der Waals surface area contributed by atoms with E-state index in [4.69, 9.17) is 14.6 Å². The van der Waals surface area contributed by atoms with Crippen molar-refractivity contribution >= 4 is 16.0 Å². The predicted octanol–water partition coefficient (Wildman–Crippen LogP) is 1.05. The summed E-state index contributed by atoms with van der Waals surface area (Å²) >= 11 is 0. The number of carbonyl (C=O) groups is 1. The molecule has 2 N–H and O–H groups in total. The van der Waals surface area contributed by atoms with Gasteiger partial charge in [-0.2, -0.15) is 0 Å². The second-order valence-corrected chi connectivity index (χ2v) is 6.37. The van der Waals surface area contributed by atoms with Gasteiger partial charge >= 0.3 is 5.97 Å². The van der Waals surface area contributed by atoms with E-state index < -0.39 is 16.0 Å². The summed E-state index contributed by atoms with van der Waals surface area (Å²) in [5, 5.41) is 5.15. The molecule has 0 radical (unpaired) electrons. The van der Waals surface area contributed by atoms with Crippen molar-refractivity contribution in [2.24, 2.45) is 11.1 Å². The van der Waals surface area contributed by atoms with Gasteiger partial charge in [0.2, 0.25) is 10.0 Å². The van der Waals surface area contributed by atoms with E-state index in [0.29, 0.717) is 18.1 Å². The Bertz CT molecular complexity index is 607. The molecule has 1 fully saturated rings. The average Bonchev–Trinajstić information content (AvgIpc) is 3.19. The van der Waals surface area contributed by atoms with Crippen LogP contribution in [0.2, 0.25) is 0 Å². The van der Waals surface area contributed by atoms with Gasteiger partial charge in [-0.05, 0) is 36.5 Å². The zero-order valence-corrected chi connectivity index (χ0v) is 12.0. The average molecular weight is 299 g/mol. The first-order chi connectivity index (χ1) is 9.41. The molecule has 0 spiro atoms. The summed E-state index contributed by atoms with van der Waals surface area (Å²) in [6.45, 7) is 0.479. The molecule has 1 saturated carbocycles. The van der Waals surface area contributed by atoms with E-state index in [1.807, 2.05) is 0 Å². The van der Waals surface area contributed by atoms with Crippen molar-refractivity contribution < 1.29 is 22.7 Å². The third-order valence-electron chi connectivity index (χ3n) is 3.06. The van der Waals surface area contributed by atoms with Gasteiger partial charge in [0.05, 0.1) is 23.7 Å². The molecule has 0 aliphatic heterocycles. The van der Waals surface area contributed by atoms with Crippen molar-refractivity contribution in [1.29, 1.82) is 0 Å². The molecule has 0 bridgehead atoms. The number of esters is 1. The van der Waals surface area contributed by atoms with Gasteiger partial charge in [0.15, 0.2) is 0 Å². The lowest BCUT2D eigenvalue weighted by Gasteiger charge is -2.09. The van der Waals surface area contributed by atoms with Crippen LogP contribution >= 0.6 is 0 Å². The van der Waals surface area contributed by atoms with Crippen LogP contribution in [0.3, 0.4) is 0 Å². The third kappa shape index (κ3) is 3.78. The van der Waals surface area contributed by atoms with E-state index in [9.17, 15) is 13.2 Å². The highest BCUT2D eigenvalue weighted by Crippen LogP contribution is 2.29. The second-order valence-electron chi connectivity index (χ2n) is 4.84. The van der Waals surface area contributed by atoms with E-state index in [1.54, 1.807) is 0 Å². The van der Waals surface area contributed by atoms with Crippen molar-refractivity contribution in [1.82, 2.24) is 0 Å². The number of benzene rings is 1. The van der Waals surface area contributed by atoms with E-state index in [2.05, 4.69) is 0 Å². The van der Waals surface area contributed by atoms with Crippen LogP contribution in [0.5, 0.6) is 0 Å². The molecule has 0 aromatic heterocycles. The molecule has 7 heteroatoms. The fraction of sp³-hybridized carbons (Fsp3) is 0.462. The van der Waals surface area contributed by atoms with Gasteiger partial charge in [-0.1, -0.05) is 6.07 Å². The Kier molecular flexibility index (Phi) is 4.42. The zero-order valence-electron chi connectivity index (χ0n) is 11.2. The van der Waals surface area contributed by atoms with Gasteiger partial charge in [-0.25, -0.2) is 18.4 Å². The van der Waals surface area contributed by atoms with Crippen molar-refractivity contribution in [3.05, 3.63) is 29.3 Å². The smallest absolute Gasteiger partial charge is 0.338 e. The van der Waals surface area contributed by atoms with E-state index >= 15 is 0 Å². The molecule has 20 heavy (non-hydrogen) atoms. The van der Waals surface area contributed by atoms with Gasteiger partial charge in [0.1, 0.15) is 0 Å². The Labute approximate surface area is 117 Å². The Morgan fingerprint density at radius 3 is 2.65 bits per heavy atom. The Morgan fingerprint density at radius 1 is 1.40 bits per heavy atom. The van der Waals surface area contributed by atoms with E-state index in [0.717, 1.165) is 12.8 Å². The van der Waals surface area contributed by atoms with Crippen molar-refractivity contribution in [2.75, 3.05) is 13.7 Å². The maximum atomic E-state index is 11.8. The van der Waals surface area contributed by atoms with E-state index in [1.165, 1.54) is 25.3 Å². The van der Waals surface area contributed by atoms with E-state index in [-0.39, 0.29) is 17.1 Å². The number of carbonyl (C=O) groups excluding carboxylic acids is 1. The highest BCUT2D eigenvalue weighted by atomic mass is 32.2. The summed E-state index contributed by atoms with van der Waals surface area (Å²) in [5.41, 5.74) is 0.586. The molecular formula is C13H17NO5S. The van der Waals surface area contributed by atoms with Crippen LogP contribution in [0.15, 0.2) is 23.1 Å².